The third-order valence-electron chi connectivity index (χ3n) is 6.01. The van der Waals surface area contributed by atoms with Crippen molar-refractivity contribution in [1.29, 1.82) is 0 Å². The van der Waals surface area contributed by atoms with Crippen molar-refractivity contribution >= 4 is 23.8 Å². The Morgan fingerprint density at radius 3 is 2.20 bits per heavy atom. The van der Waals surface area contributed by atoms with E-state index in [4.69, 9.17) is 9.84 Å². The van der Waals surface area contributed by atoms with Crippen LogP contribution in [-0.4, -0.2) is 45.5 Å². The maximum absolute atomic E-state index is 12.9. The Balaban J connectivity index is 1.43. The predicted octanol–water partition coefficient (Wildman–Crippen LogP) is 4.01. The van der Waals surface area contributed by atoms with Crippen molar-refractivity contribution in [1.82, 2.24) is 15.1 Å². The minimum Gasteiger partial charge on any atom is -0.476 e. The van der Waals surface area contributed by atoms with E-state index in [1.165, 1.54) is 17.8 Å². The number of aromatic carboxylic acids is 1. The second-order valence-electron chi connectivity index (χ2n) is 8.98. The van der Waals surface area contributed by atoms with Crippen molar-refractivity contribution in [3.05, 3.63) is 71.4 Å². The first-order chi connectivity index (χ1) is 16.7. The molecule has 9 nitrogen and oxygen atoms in total. The average molecular weight is 477 g/mol. The zero-order valence-electron chi connectivity index (χ0n) is 19.8. The van der Waals surface area contributed by atoms with Crippen molar-refractivity contribution in [3.63, 3.8) is 0 Å². The number of ether oxygens (including phenoxy) is 1. The molecule has 1 atom stereocenters. The van der Waals surface area contributed by atoms with Crippen LogP contribution < -0.4 is 10.6 Å². The Morgan fingerprint density at radius 2 is 1.66 bits per heavy atom. The number of hydrogen-bond donors (Lipinski definition) is 3. The van der Waals surface area contributed by atoms with Gasteiger partial charge in [-0.25, -0.2) is 9.59 Å². The molecule has 1 aliphatic carbocycles. The highest BCUT2D eigenvalue weighted by Gasteiger charge is 2.30. The summed E-state index contributed by atoms with van der Waals surface area (Å²) >= 11 is 0. The summed E-state index contributed by atoms with van der Waals surface area (Å²) in [5.41, 5.74) is 4.27. The lowest BCUT2D eigenvalue weighted by atomic mass is 9.98. The molecule has 2 amide bonds. The van der Waals surface area contributed by atoms with Gasteiger partial charge in [-0.15, -0.1) is 0 Å². The van der Waals surface area contributed by atoms with E-state index < -0.39 is 24.0 Å². The molecule has 9 heteroatoms. The monoisotopic (exact) mass is 476 g/mol. The van der Waals surface area contributed by atoms with Crippen LogP contribution in [0.25, 0.3) is 11.1 Å². The van der Waals surface area contributed by atoms with Crippen molar-refractivity contribution < 1.29 is 24.2 Å². The summed E-state index contributed by atoms with van der Waals surface area (Å²) in [5.74, 6) is -1.44. The summed E-state index contributed by atoms with van der Waals surface area (Å²) in [5, 5.41) is 18.3. The molecule has 1 unspecified atom stereocenters. The molecule has 0 saturated carbocycles. The maximum atomic E-state index is 12.9. The van der Waals surface area contributed by atoms with Gasteiger partial charge in [-0.2, -0.15) is 5.10 Å². The smallest absolute Gasteiger partial charge is 0.407 e. The number of carbonyl (C=O) groups is 3. The second-order valence-corrected chi connectivity index (χ2v) is 8.98. The van der Waals surface area contributed by atoms with Crippen LogP contribution in [0.4, 0.5) is 10.6 Å². The summed E-state index contributed by atoms with van der Waals surface area (Å²) in [6.07, 6.45) is -0.316. The number of carboxylic acids is 1. The van der Waals surface area contributed by atoms with E-state index in [-0.39, 0.29) is 30.0 Å². The van der Waals surface area contributed by atoms with Gasteiger partial charge in [-0.3, -0.25) is 9.48 Å². The van der Waals surface area contributed by atoms with Gasteiger partial charge >= 0.3 is 12.1 Å². The average Bonchev–Trinajstić information content (AvgIpc) is 3.35. The number of rotatable bonds is 8. The maximum Gasteiger partial charge on any atom is 0.407 e. The topological polar surface area (TPSA) is 123 Å². The lowest BCUT2D eigenvalue weighted by Crippen LogP contribution is -2.45. The highest BCUT2D eigenvalue weighted by molar-refractivity contribution is 5.97. The van der Waals surface area contributed by atoms with E-state index in [1.54, 1.807) is 0 Å². The molecule has 0 spiro atoms. The summed E-state index contributed by atoms with van der Waals surface area (Å²) in [7, 11) is 1.53. The standard InChI is InChI=1S/C26H28N4O5/c1-15(2)12-21(24(31)28-23-13-22(25(32)33)29-30(23)3)27-26(34)35-14-20-18-10-6-4-8-16(18)17-9-5-7-11-19(17)20/h4-11,13,15,20-21H,12,14H2,1-3H3,(H,27,34)(H,28,31)(H,32,33). The molecule has 4 rings (SSSR count). The van der Waals surface area contributed by atoms with Crippen LogP contribution in [0.15, 0.2) is 54.6 Å². The number of anilines is 1. The second kappa shape index (κ2) is 10.0. The quantitative estimate of drug-likeness (QED) is 0.452. The van der Waals surface area contributed by atoms with Gasteiger partial charge in [0.25, 0.3) is 0 Å². The lowest BCUT2D eigenvalue weighted by molar-refractivity contribution is -0.118. The molecular formula is C26H28N4O5. The SMILES string of the molecule is CC(C)CC(NC(=O)OCC1c2ccccc2-c2ccccc21)C(=O)Nc1cc(C(=O)O)nn1C. The number of hydrogen-bond acceptors (Lipinski definition) is 5. The Hall–Kier alpha value is -4.14. The number of aryl methyl sites for hydroxylation is 1. The number of aromatic nitrogens is 2. The van der Waals surface area contributed by atoms with Gasteiger partial charge in [0.15, 0.2) is 5.69 Å². The molecule has 182 valence electrons. The molecular weight excluding hydrogens is 448 g/mol. The van der Waals surface area contributed by atoms with E-state index in [0.29, 0.717) is 6.42 Å². The van der Waals surface area contributed by atoms with Crippen molar-refractivity contribution in [3.8, 4) is 11.1 Å². The largest absolute Gasteiger partial charge is 0.476 e. The zero-order chi connectivity index (χ0) is 25.1. The van der Waals surface area contributed by atoms with Gasteiger partial charge in [0.2, 0.25) is 5.91 Å². The van der Waals surface area contributed by atoms with Gasteiger partial charge in [0.05, 0.1) is 0 Å². The highest BCUT2D eigenvalue weighted by atomic mass is 16.5. The number of nitrogens with zero attached hydrogens (tertiary/aromatic N) is 2. The number of fused-ring (bicyclic) bond motifs is 3. The van der Waals surface area contributed by atoms with Crippen LogP contribution in [0.1, 0.15) is 47.8 Å². The molecule has 3 N–H and O–H groups in total. The van der Waals surface area contributed by atoms with Crippen molar-refractivity contribution in [2.24, 2.45) is 13.0 Å². The minimum atomic E-state index is -1.20. The molecule has 0 saturated heterocycles. The number of nitrogens with one attached hydrogen (secondary N) is 2. The minimum absolute atomic E-state index is 0.0885. The number of carboxylic acid groups (broad SMARTS) is 1. The lowest BCUT2D eigenvalue weighted by Gasteiger charge is -2.21. The summed E-state index contributed by atoms with van der Waals surface area (Å²) in [6, 6.07) is 16.5. The van der Waals surface area contributed by atoms with Crippen LogP contribution in [-0.2, 0) is 16.6 Å². The van der Waals surface area contributed by atoms with Crippen molar-refractivity contribution in [2.45, 2.75) is 32.2 Å². The Morgan fingerprint density at radius 1 is 1.06 bits per heavy atom. The first-order valence-electron chi connectivity index (χ1n) is 11.4. The van der Waals surface area contributed by atoms with Crippen LogP contribution >= 0.6 is 0 Å². The van der Waals surface area contributed by atoms with Gasteiger partial charge in [0, 0.05) is 19.0 Å². The van der Waals surface area contributed by atoms with E-state index >= 15 is 0 Å². The molecule has 0 bridgehead atoms. The predicted molar refractivity (Wildman–Crippen MR) is 130 cm³/mol. The molecule has 1 heterocycles. The molecule has 0 radical (unpaired) electrons. The molecule has 3 aromatic rings. The van der Waals surface area contributed by atoms with Crippen LogP contribution in [0.5, 0.6) is 0 Å². The first-order valence-corrected chi connectivity index (χ1v) is 11.4. The summed E-state index contributed by atoms with van der Waals surface area (Å²) in [6.45, 7) is 4.01. The number of benzene rings is 2. The van der Waals surface area contributed by atoms with Gasteiger partial charge in [-0.1, -0.05) is 62.4 Å². The number of alkyl carbamates (subject to hydrolysis) is 1. The van der Waals surface area contributed by atoms with E-state index in [1.807, 2.05) is 50.2 Å². The van der Waals surface area contributed by atoms with E-state index in [0.717, 1.165) is 22.3 Å². The fourth-order valence-corrected chi connectivity index (χ4v) is 4.39. The molecule has 2 aromatic carbocycles. The third kappa shape index (κ3) is 5.18. The number of carbonyl (C=O) groups excluding carboxylic acids is 2. The highest BCUT2D eigenvalue weighted by Crippen LogP contribution is 2.44. The van der Waals surface area contributed by atoms with Crippen LogP contribution in [0.3, 0.4) is 0 Å². The van der Waals surface area contributed by atoms with Gasteiger partial charge in [0.1, 0.15) is 18.5 Å². The molecule has 0 aliphatic heterocycles. The summed E-state index contributed by atoms with van der Waals surface area (Å²) < 4.78 is 6.85. The zero-order valence-corrected chi connectivity index (χ0v) is 19.8. The Kier molecular flexibility index (Phi) is 6.86. The summed E-state index contributed by atoms with van der Waals surface area (Å²) in [4.78, 5) is 36.8. The molecule has 1 aromatic heterocycles. The Labute approximate surface area is 203 Å². The van der Waals surface area contributed by atoms with Crippen LogP contribution in [0.2, 0.25) is 0 Å². The molecule has 1 aliphatic rings. The van der Waals surface area contributed by atoms with Gasteiger partial charge < -0.3 is 20.5 Å². The van der Waals surface area contributed by atoms with Crippen molar-refractivity contribution in [2.75, 3.05) is 11.9 Å². The molecule has 35 heavy (non-hydrogen) atoms. The first kappa shape index (κ1) is 24.0. The van der Waals surface area contributed by atoms with Gasteiger partial charge in [-0.05, 0) is 34.6 Å². The van der Waals surface area contributed by atoms with E-state index in [9.17, 15) is 14.4 Å². The Bertz CT molecular complexity index is 1220. The third-order valence-corrected chi connectivity index (χ3v) is 6.01. The number of amides is 2. The normalized spacial score (nSPS) is 13.1. The van der Waals surface area contributed by atoms with Crippen LogP contribution in [0, 0.1) is 5.92 Å². The fraction of sp³-hybridized carbons (Fsp3) is 0.308. The fourth-order valence-electron chi connectivity index (χ4n) is 4.39. The molecule has 0 fully saturated rings. The van der Waals surface area contributed by atoms with E-state index in [2.05, 4.69) is 27.9 Å².